The first kappa shape index (κ1) is 16.9. The second kappa shape index (κ2) is 8.21. The van der Waals surface area contributed by atoms with Crippen molar-refractivity contribution < 1.29 is 9.90 Å². The molecule has 1 aromatic rings. The molecular weight excluding hydrogens is 322 g/mol. The normalized spacial score (nSPS) is 10.7. The number of hydrogen-bond donors (Lipinski definition) is 2. The molecular formula is C14H22BrN3O2. The van der Waals surface area contributed by atoms with Crippen molar-refractivity contribution in [2.24, 2.45) is 0 Å². The predicted molar refractivity (Wildman–Crippen MR) is 84.0 cm³/mol. The van der Waals surface area contributed by atoms with Crippen LogP contribution in [0.4, 0.5) is 5.82 Å². The maximum Gasteiger partial charge on any atom is 0.257 e. The summed E-state index contributed by atoms with van der Waals surface area (Å²) < 4.78 is 0.760. The van der Waals surface area contributed by atoms with Gasteiger partial charge in [-0.15, -0.1) is 0 Å². The first-order valence-corrected chi connectivity index (χ1v) is 7.61. The lowest BCUT2D eigenvalue weighted by molar-refractivity contribution is 0.0666. The van der Waals surface area contributed by atoms with E-state index < -0.39 is 0 Å². The zero-order chi connectivity index (χ0) is 15.1. The van der Waals surface area contributed by atoms with Crippen LogP contribution in [0, 0.1) is 0 Å². The fraction of sp³-hybridized carbons (Fsp3) is 0.571. The van der Waals surface area contributed by atoms with Crippen LogP contribution in [0.15, 0.2) is 16.7 Å². The van der Waals surface area contributed by atoms with Gasteiger partial charge in [-0.2, -0.15) is 0 Å². The Labute approximate surface area is 128 Å². The number of aliphatic hydroxyl groups is 1. The summed E-state index contributed by atoms with van der Waals surface area (Å²) in [5.41, 5.74) is 0.523. The minimum Gasteiger partial charge on any atom is -0.395 e. The highest BCUT2D eigenvalue weighted by molar-refractivity contribution is 9.10. The number of halogens is 1. The Kier molecular flexibility index (Phi) is 6.95. The number of anilines is 1. The van der Waals surface area contributed by atoms with Gasteiger partial charge in [-0.05, 0) is 42.3 Å². The molecule has 0 bridgehead atoms. The van der Waals surface area contributed by atoms with Gasteiger partial charge in [-0.1, -0.05) is 6.92 Å². The van der Waals surface area contributed by atoms with Crippen LogP contribution < -0.4 is 5.32 Å². The monoisotopic (exact) mass is 343 g/mol. The maximum atomic E-state index is 12.6. The van der Waals surface area contributed by atoms with Crippen LogP contribution >= 0.6 is 15.9 Å². The summed E-state index contributed by atoms with van der Waals surface area (Å²) in [4.78, 5) is 18.5. The molecule has 0 unspecified atom stereocenters. The summed E-state index contributed by atoms with van der Waals surface area (Å²) >= 11 is 3.35. The predicted octanol–water partition coefficient (Wildman–Crippen LogP) is 2.51. The minimum atomic E-state index is -0.124. The molecule has 112 valence electrons. The molecule has 2 N–H and O–H groups in total. The molecule has 1 heterocycles. The number of carbonyl (C=O) groups is 1. The molecule has 0 saturated carbocycles. The summed E-state index contributed by atoms with van der Waals surface area (Å²) in [5, 5.41) is 12.3. The Morgan fingerprint density at radius 3 is 2.80 bits per heavy atom. The smallest absolute Gasteiger partial charge is 0.257 e. The number of aliphatic hydroxyl groups excluding tert-OH is 1. The lowest BCUT2D eigenvalue weighted by Crippen LogP contribution is -2.39. The molecule has 0 aliphatic rings. The van der Waals surface area contributed by atoms with Crippen molar-refractivity contribution in [3.05, 3.63) is 22.3 Å². The highest BCUT2D eigenvalue weighted by Crippen LogP contribution is 2.20. The van der Waals surface area contributed by atoms with Gasteiger partial charge in [-0.25, -0.2) is 4.98 Å². The molecule has 1 rings (SSSR count). The Hall–Kier alpha value is -1.14. The second-order valence-electron chi connectivity index (χ2n) is 4.79. The standard InChI is InChI=1S/C14H22BrN3O2/c1-4-5-16-13-12(8-11(15)9-17-13)14(20)18(6-7-19)10(2)3/h8-10,19H,4-7H2,1-3H3,(H,16,17). The van der Waals surface area contributed by atoms with Crippen LogP contribution in [-0.4, -0.2) is 46.6 Å². The number of nitrogens with zero attached hydrogens (tertiary/aromatic N) is 2. The van der Waals surface area contributed by atoms with E-state index in [2.05, 4.69) is 33.2 Å². The zero-order valence-corrected chi connectivity index (χ0v) is 13.8. The van der Waals surface area contributed by atoms with Crippen LogP contribution in [0.2, 0.25) is 0 Å². The van der Waals surface area contributed by atoms with E-state index in [-0.39, 0.29) is 18.6 Å². The van der Waals surface area contributed by atoms with Crippen LogP contribution in [0.5, 0.6) is 0 Å². The molecule has 1 aromatic heterocycles. The second-order valence-corrected chi connectivity index (χ2v) is 5.71. The van der Waals surface area contributed by atoms with Crippen molar-refractivity contribution in [3.8, 4) is 0 Å². The van der Waals surface area contributed by atoms with Gasteiger partial charge in [0, 0.05) is 29.8 Å². The maximum absolute atomic E-state index is 12.6. The number of aromatic nitrogens is 1. The quantitative estimate of drug-likeness (QED) is 0.798. The van der Waals surface area contributed by atoms with Gasteiger partial charge in [0.05, 0.1) is 12.2 Å². The molecule has 5 nitrogen and oxygen atoms in total. The number of amides is 1. The third-order valence-corrected chi connectivity index (χ3v) is 3.29. The average Bonchev–Trinajstić information content (AvgIpc) is 2.42. The lowest BCUT2D eigenvalue weighted by Gasteiger charge is -2.26. The first-order valence-electron chi connectivity index (χ1n) is 6.82. The van der Waals surface area contributed by atoms with Crippen LogP contribution in [-0.2, 0) is 0 Å². The Bertz CT molecular complexity index is 452. The fourth-order valence-electron chi connectivity index (χ4n) is 1.84. The third kappa shape index (κ3) is 4.45. The molecule has 1 amide bonds. The topological polar surface area (TPSA) is 65.5 Å². The van der Waals surface area contributed by atoms with E-state index in [0.717, 1.165) is 17.4 Å². The van der Waals surface area contributed by atoms with Gasteiger partial charge in [0.1, 0.15) is 5.82 Å². The van der Waals surface area contributed by atoms with Gasteiger partial charge in [-0.3, -0.25) is 4.79 Å². The van der Waals surface area contributed by atoms with E-state index in [9.17, 15) is 4.79 Å². The summed E-state index contributed by atoms with van der Waals surface area (Å²) in [5.74, 6) is 0.463. The summed E-state index contributed by atoms with van der Waals surface area (Å²) in [6, 6.07) is 1.78. The highest BCUT2D eigenvalue weighted by Gasteiger charge is 2.22. The van der Waals surface area contributed by atoms with Gasteiger partial charge < -0.3 is 15.3 Å². The Morgan fingerprint density at radius 2 is 2.25 bits per heavy atom. The average molecular weight is 344 g/mol. The lowest BCUT2D eigenvalue weighted by atomic mass is 10.2. The molecule has 0 aliphatic carbocycles. The van der Waals surface area contributed by atoms with Gasteiger partial charge in [0.25, 0.3) is 5.91 Å². The van der Waals surface area contributed by atoms with Gasteiger partial charge in [0.2, 0.25) is 0 Å². The number of rotatable bonds is 7. The van der Waals surface area contributed by atoms with E-state index in [1.807, 2.05) is 13.8 Å². The molecule has 0 radical (unpaired) electrons. The molecule has 0 aliphatic heterocycles. The minimum absolute atomic E-state index is 0.0210. The summed E-state index contributed by atoms with van der Waals surface area (Å²) in [6.07, 6.45) is 2.62. The molecule has 0 atom stereocenters. The first-order chi connectivity index (χ1) is 9.51. The SMILES string of the molecule is CCCNc1ncc(Br)cc1C(=O)N(CCO)C(C)C. The Balaban J connectivity index is 3.08. The number of hydrogen-bond acceptors (Lipinski definition) is 4. The number of pyridine rings is 1. The molecule has 0 spiro atoms. The van der Waals surface area contributed by atoms with Crippen LogP contribution in [0.1, 0.15) is 37.6 Å². The van der Waals surface area contributed by atoms with E-state index in [0.29, 0.717) is 17.9 Å². The van der Waals surface area contributed by atoms with Crippen molar-refractivity contribution in [1.29, 1.82) is 0 Å². The van der Waals surface area contributed by atoms with Crippen molar-refractivity contribution >= 4 is 27.7 Å². The van der Waals surface area contributed by atoms with E-state index in [1.165, 1.54) is 0 Å². The Morgan fingerprint density at radius 1 is 1.55 bits per heavy atom. The van der Waals surface area contributed by atoms with E-state index in [1.54, 1.807) is 17.2 Å². The van der Waals surface area contributed by atoms with Crippen molar-refractivity contribution in [1.82, 2.24) is 9.88 Å². The highest BCUT2D eigenvalue weighted by atomic mass is 79.9. The molecule has 0 aromatic carbocycles. The third-order valence-electron chi connectivity index (χ3n) is 2.85. The van der Waals surface area contributed by atoms with Crippen molar-refractivity contribution in [2.75, 3.05) is 25.0 Å². The number of carbonyl (C=O) groups excluding carboxylic acids is 1. The zero-order valence-electron chi connectivity index (χ0n) is 12.2. The van der Waals surface area contributed by atoms with Gasteiger partial charge in [0.15, 0.2) is 0 Å². The van der Waals surface area contributed by atoms with Crippen molar-refractivity contribution in [2.45, 2.75) is 33.2 Å². The molecule has 20 heavy (non-hydrogen) atoms. The fourth-order valence-corrected chi connectivity index (χ4v) is 2.17. The van der Waals surface area contributed by atoms with E-state index in [4.69, 9.17) is 5.11 Å². The van der Waals surface area contributed by atoms with Crippen molar-refractivity contribution in [3.63, 3.8) is 0 Å². The number of nitrogens with one attached hydrogen (secondary N) is 1. The summed E-state index contributed by atoms with van der Waals surface area (Å²) in [7, 11) is 0. The summed E-state index contributed by atoms with van der Waals surface area (Å²) in [6.45, 7) is 6.94. The molecule has 6 heteroatoms. The van der Waals surface area contributed by atoms with Gasteiger partial charge >= 0.3 is 0 Å². The molecule has 0 saturated heterocycles. The largest absolute Gasteiger partial charge is 0.395 e. The van der Waals surface area contributed by atoms with Crippen LogP contribution in [0.3, 0.4) is 0 Å². The van der Waals surface area contributed by atoms with E-state index >= 15 is 0 Å². The van der Waals surface area contributed by atoms with Crippen LogP contribution in [0.25, 0.3) is 0 Å². The molecule has 0 fully saturated rings.